The molecule has 3 aromatic rings. The molecule has 0 aromatic heterocycles. The van der Waals surface area contributed by atoms with Crippen molar-refractivity contribution in [1.82, 2.24) is 16.2 Å². The fraction of sp³-hybridized carbons (Fsp3) is 0.0952. The van der Waals surface area contributed by atoms with Gasteiger partial charge in [0.15, 0.2) is 11.7 Å². The van der Waals surface area contributed by atoms with Crippen molar-refractivity contribution in [2.45, 2.75) is 6.42 Å². The van der Waals surface area contributed by atoms with E-state index in [1.54, 1.807) is 24.3 Å². The molecule has 0 heterocycles. The van der Waals surface area contributed by atoms with Crippen molar-refractivity contribution in [2.24, 2.45) is 0 Å². The van der Waals surface area contributed by atoms with E-state index in [9.17, 15) is 9.59 Å². The molecule has 8 heteroatoms. The summed E-state index contributed by atoms with van der Waals surface area (Å²) in [6.45, 7) is -0.261. The molecule has 0 aliphatic heterocycles. The SMILES string of the molecule is O=C(COc1ccccc1Cl)NNC(=S)NC(=O)Cc1cccc2ccccc12. The van der Waals surface area contributed by atoms with E-state index in [2.05, 4.69) is 16.2 Å². The number of carbonyl (C=O) groups excluding carboxylic acids is 2. The van der Waals surface area contributed by atoms with E-state index in [4.69, 9.17) is 28.6 Å². The average molecular weight is 428 g/mol. The van der Waals surface area contributed by atoms with Crippen LogP contribution in [-0.4, -0.2) is 23.5 Å². The van der Waals surface area contributed by atoms with Crippen LogP contribution in [-0.2, 0) is 16.0 Å². The molecule has 0 bridgehead atoms. The first-order valence-electron chi connectivity index (χ1n) is 8.75. The smallest absolute Gasteiger partial charge is 0.276 e. The second kappa shape index (κ2) is 9.86. The zero-order valence-corrected chi connectivity index (χ0v) is 16.8. The third kappa shape index (κ3) is 5.91. The lowest BCUT2D eigenvalue weighted by molar-refractivity contribution is -0.124. The van der Waals surface area contributed by atoms with Crippen LogP contribution in [0.3, 0.4) is 0 Å². The molecule has 0 saturated heterocycles. The molecule has 0 unspecified atom stereocenters. The molecule has 0 aliphatic carbocycles. The molecule has 0 radical (unpaired) electrons. The van der Waals surface area contributed by atoms with Crippen LogP contribution in [0.5, 0.6) is 5.75 Å². The van der Waals surface area contributed by atoms with Crippen molar-refractivity contribution in [1.29, 1.82) is 0 Å². The van der Waals surface area contributed by atoms with E-state index in [0.29, 0.717) is 10.8 Å². The Morgan fingerprint density at radius 2 is 1.62 bits per heavy atom. The summed E-state index contributed by atoms with van der Waals surface area (Å²) in [7, 11) is 0. The number of para-hydroxylation sites is 1. The molecule has 0 saturated carbocycles. The van der Waals surface area contributed by atoms with Crippen molar-refractivity contribution in [3.8, 4) is 5.75 Å². The molecule has 2 amide bonds. The summed E-state index contributed by atoms with van der Waals surface area (Å²) < 4.78 is 5.32. The zero-order valence-electron chi connectivity index (χ0n) is 15.3. The Morgan fingerprint density at radius 1 is 0.897 bits per heavy atom. The molecule has 0 aliphatic rings. The monoisotopic (exact) mass is 427 g/mol. The molecule has 29 heavy (non-hydrogen) atoms. The molecule has 0 fully saturated rings. The summed E-state index contributed by atoms with van der Waals surface area (Å²) in [5, 5.41) is 5.00. The van der Waals surface area contributed by atoms with E-state index in [-0.39, 0.29) is 24.0 Å². The third-order valence-corrected chi connectivity index (χ3v) is 4.51. The largest absolute Gasteiger partial charge is 0.482 e. The van der Waals surface area contributed by atoms with E-state index in [1.807, 2.05) is 42.5 Å². The summed E-state index contributed by atoms with van der Waals surface area (Å²) in [5.74, 6) is -0.369. The van der Waals surface area contributed by atoms with Gasteiger partial charge in [0.05, 0.1) is 11.4 Å². The van der Waals surface area contributed by atoms with Crippen molar-refractivity contribution < 1.29 is 14.3 Å². The van der Waals surface area contributed by atoms with E-state index >= 15 is 0 Å². The molecule has 0 spiro atoms. The van der Waals surface area contributed by atoms with Gasteiger partial charge in [-0.3, -0.25) is 20.4 Å². The van der Waals surface area contributed by atoms with Crippen LogP contribution in [0.15, 0.2) is 66.7 Å². The van der Waals surface area contributed by atoms with E-state index < -0.39 is 5.91 Å². The van der Waals surface area contributed by atoms with Crippen molar-refractivity contribution in [3.63, 3.8) is 0 Å². The molecule has 3 aromatic carbocycles. The number of ether oxygens (including phenoxy) is 1. The summed E-state index contributed by atoms with van der Waals surface area (Å²) in [6, 6.07) is 20.4. The number of amides is 2. The second-order valence-corrected chi connectivity index (χ2v) is 6.90. The zero-order chi connectivity index (χ0) is 20.6. The third-order valence-electron chi connectivity index (χ3n) is 3.99. The van der Waals surface area contributed by atoms with Gasteiger partial charge in [-0.1, -0.05) is 66.2 Å². The average Bonchev–Trinajstić information content (AvgIpc) is 2.72. The Kier molecular flexibility index (Phi) is 6.99. The minimum atomic E-state index is -0.476. The van der Waals surface area contributed by atoms with Crippen molar-refractivity contribution >= 4 is 51.5 Å². The van der Waals surface area contributed by atoms with Gasteiger partial charge in [-0.2, -0.15) is 0 Å². The number of benzene rings is 3. The fourth-order valence-corrected chi connectivity index (χ4v) is 3.04. The topological polar surface area (TPSA) is 79.5 Å². The first-order valence-corrected chi connectivity index (χ1v) is 9.54. The van der Waals surface area contributed by atoms with E-state index in [0.717, 1.165) is 16.3 Å². The maximum absolute atomic E-state index is 12.3. The van der Waals surface area contributed by atoms with Crippen molar-refractivity contribution in [2.75, 3.05) is 6.61 Å². The lowest BCUT2D eigenvalue weighted by atomic mass is 10.0. The minimum absolute atomic E-state index is 0.0127. The molecule has 0 atom stereocenters. The Labute approximate surface area is 178 Å². The summed E-state index contributed by atoms with van der Waals surface area (Å²) in [4.78, 5) is 24.1. The number of hydrogen-bond donors (Lipinski definition) is 3. The van der Waals surface area contributed by atoms with Gasteiger partial charge in [0.2, 0.25) is 5.91 Å². The number of nitrogens with one attached hydrogen (secondary N) is 3. The number of thiocarbonyl (C=S) groups is 1. The van der Waals surface area contributed by atoms with Gasteiger partial charge < -0.3 is 10.1 Å². The number of halogens is 1. The van der Waals surface area contributed by atoms with Crippen LogP contribution in [0.2, 0.25) is 5.02 Å². The van der Waals surface area contributed by atoms with Crippen LogP contribution in [0.4, 0.5) is 0 Å². The number of rotatable bonds is 5. The van der Waals surface area contributed by atoms with Crippen LogP contribution >= 0.6 is 23.8 Å². The highest BCUT2D eigenvalue weighted by atomic mass is 35.5. The molecule has 148 valence electrons. The van der Waals surface area contributed by atoms with Gasteiger partial charge in [-0.15, -0.1) is 0 Å². The predicted molar refractivity (Wildman–Crippen MR) is 117 cm³/mol. The van der Waals surface area contributed by atoms with Gasteiger partial charge >= 0.3 is 0 Å². The van der Waals surface area contributed by atoms with Crippen LogP contribution < -0.4 is 20.9 Å². The highest BCUT2D eigenvalue weighted by molar-refractivity contribution is 7.80. The fourth-order valence-electron chi connectivity index (χ4n) is 2.69. The maximum atomic E-state index is 12.3. The van der Waals surface area contributed by atoms with Gasteiger partial charge in [-0.25, -0.2) is 0 Å². The number of carbonyl (C=O) groups is 2. The molecule has 3 rings (SSSR count). The summed E-state index contributed by atoms with van der Waals surface area (Å²) >= 11 is 11.0. The molecular weight excluding hydrogens is 410 g/mol. The lowest BCUT2D eigenvalue weighted by Gasteiger charge is -2.12. The van der Waals surface area contributed by atoms with Crippen LogP contribution in [0.1, 0.15) is 5.56 Å². The number of hydrazine groups is 1. The Bertz CT molecular complexity index is 1050. The van der Waals surface area contributed by atoms with Gasteiger partial charge in [-0.05, 0) is 40.7 Å². The first kappa shape index (κ1) is 20.6. The lowest BCUT2D eigenvalue weighted by Crippen LogP contribution is -2.50. The first-order chi connectivity index (χ1) is 14.0. The summed E-state index contributed by atoms with van der Waals surface area (Å²) in [6.07, 6.45) is 0.159. The Morgan fingerprint density at radius 3 is 2.45 bits per heavy atom. The highest BCUT2D eigenvalue weighted by Crippen LogP contribution is 2.22. The quantitative estimate of drug-likeness (QED) is 0.430. The minimum Gasteiger partial charge on any atom is -0.482 e. The Hall–Kier alpha value is -3.16. The van der Waals surface area contributed by atoms with Gasteiger partial charge in [0.1, 0.15) is 5.75 Å². The predicted octanol–water partition coefficient (Wildman–Crippen LogP) is 3.14. The van der Waals surface area contributed by atoms with Crippen LogP contribution in [0.25, 0.3) is 10.8 Å². The van der Waals surface area contributed by atoms with Crippen LogP contribution in [0, 0.1) is 0 Å². The summed E-state index contributed by atoms with van der Waals surface area (Å²) in [5.41, 5.74) is 5.72. The normalized spacial score (nSPS) is 10.2. The van der Waals surface area contributed by atoms with Gasteiger partial charge in [0, 0.05) is 0 Å². The second-order valence-electron chi connectivity index (χ2n) is 6.08. The standard InChI is InChI=1S/C21H18ClN3O3S/c22-17-10-3-4-11-18(17)28-13-20(27)24-25-21(29)23-19(26)12-15-8-5-7-14-6-1-2-9-16(14)15/h1-11H,12-13H2,(H,24,27)(H2,23,25,26,29). The van der Waals surface area contributed by atoms with Crippen molar-refractivity contribution in [3.05, 3.63) is 77.3 Å². The highest BCUT2D eigenvalue weighted by Gasteiger charge is 2.10. The maximum Gasteiger partial charge on any atom is 0.276 e. The number of fused-ring (bicyclic) bond motifs is 1. The van der Waals surface area contributed by atoms with E-state index in [1.165, 1.54) is 0 Å². The molecular formula is C21H18ClN3O3S. The number of hydrogen-bond acceptors (Lipinski definition) is 4. The Balaban J connectivity index is 1.44. The molecule has 3 N–H and O–H groups in total. The molecule has 6 nitrogen and oxygen atoms in total. The van der Waals surface area contributed by atoms with Gasteiger partial charge in [0.25, 0.3) is 5.91 Å².